The van der Waals surface area contributed by atoms with Crippen LogP contribution in [0.3, 0.4) is 0 Å². The summed E-state index contributed by atoms with van der Waals surface area (Å²) in [5.41, 5.74) is 3.38. The number of anilines is 2. The first-order valence-corrected chi connectivity index (χ1v) is 12.7. The van der Waals surface area contributed by atoms with E-state index in [1.165, 1.54) is 30.0 Å². The second-order valence-electron chi connectivity index (χ2n) is 7.74. The number of benzene rings is 2. The zero-order valence-corrected chi connectivity index (χ0v) is 19.3. The van der Waals surface area contributed by atoms with Crippen LogP contribution >= 0.6 is 23.4 Å². The van der Waals surface area contributed by atoms with Crippen molar-refractivity contribution in [1.29, 1.82) is 0 Å². The highest BCUT2D eigenvalue weighted by Crippen LogP contribution is 2.37. The van der Waals surface area contributed by atoms with Gasteiger partial charge < -0.3 is 10.2 Å². The molecule has 1 fully saturated rings. The predicted octanol–water partition coefficient (Wildman–Crippen LogP) is 3.81. The van der Waals surface area contributed by atoms with Crippen LogP contribution in [-0.2, 0) is 14.6 Å². The van der Waals surface area contributed by atoms with Crippen molar-refractivity contribution in [3.8, 4) is 0 Å². The van der Waals surface area contributed by atoms with Crippen molar-refractivity contribution in [2.45, 2.75) is 25.1 Å². The van der Waals surface area contributed by atoms with E-state index in [2.05, 4.69) is 10.3 Å². The van der Waals surface area contributed by atoms with E-state index in [9.17, 15) is 17.6 Å². The van der Waals surface area contributed by atoms with Crippen LogP contribution in [0.2, 0.25) is 5.02 Å². The lowest BCUT2D eigenvalue weighted by Gasteiger charge is -2.25. The van der Waals surface area contributed by atoms with Gasteiger partial charge in [-0.15, -0.1) is 0 Å². The van der Waals surface area contributed by atoms with Crippen molar-refractivity contribution in [2.24, 2.45) is 4.99 Å². The van der Waals surface area contributed by atoms with Gasteiger partial charge in [0, 0.05) is 16.6 Å². The van der Waals surface area contributed by atoms with Crippen LogP contribution in [0, 0.1) is 19.7 Å². The second-order valence-corrected chi connectivity index (χ2v) is 11.5. The molecule has 0 saturated carbocycles. The van der Waals surface area contributed by atoms with E-state index >= 15 is 0 Å². The summed E-state index contributed by atoms with van der Waals surface area (Å²) in [5, 5.41) is 3.15. The summed E-state index contributed by atoms with van der Waals surface area (Å²) in [5.74, 6) is -0.755. The molecule has 2 aromatic rings. The third-order valence-electron chi connectivity index (χ3n) is 5.34. The summed E-state index contributed by atoms with van der Waals surface area (Å²) < 4.78 is 37.2. The minimum Gasteiger partial charge on any atom is -0.324 e. The number of carbonyl (C=O) groups excluding carboxylic acids is 1. The minimum atomic E-state index is -3.07. The van der Waals surface area contributed by atoms with E-state index in [-0.39, 0.29) is 40.3 Å². The molecule has 2 aliphatic rings. The molecule has 2 heterocycles. The van der Waals surface area contributed by atoms with E-state index in [1.54, 1.807) is 4.90 Å². The zero-order valence-electron chi connectivity index (χ0n) is 16.9. The number of fused-ring (bicyclic) bond motifs is 1. The van der Waals surface area contributed by atoms with Gasteiger partial charge in [0.2, 0.25) is 5.91 Å². The molecule has 0 unspecified atom stereocenters. The Morgan fingerprint density at radius 1 is 1.23 bits per heavy atom. The number of hydrogen-bond donors (Lipinski definition) is 1. The zero-order chi connectivity index (χ0) is 22.3. The van der Waals surface area contributed by atoms with Gasteiger partial charge in [-0.3, -0.25) is 9.79 Å². The second kappa shape index (κ2) is 8.44. The minimum absolute atomic E-state index is 0.0322. The topological polar surface area (TPSA) is 78.8 Å². The first-order chi connectivity index (χ1) is 14.6. The molecule has 2 aromatic carbocycles. The molecular formula is C21H21ClFN3O3S2. The van der Waals surface area contributed by atoms with Crippen molar-refractivity contribution in [3.63, 3.8) is 0 Å². The molecule has 0 aromatic heterocycles. The molecule has 0 radical (unpaired) electrons. The molecule has 2 aliphatic heterocycles. The standard InChI is InChI=1S/C21H21ClFN3O3S2/c1-12-3-5-15(7-13(12)2)26(21-25-18-10-31(28,29)11-19(18)30-21)9-20(27)24-14-4-6-17(23)16(22)8-14/h3-8,18-19H,9-11H2,1-2H3,(H,24,27)/t18-,19+/m1/s1. The molecule has 31 heavy (non-hydrogen) atoms. The van der Waals surface area contributed by atoms with Crippen molar-refractivity contribution < 1.29 is 17.6 Å². The number of carbonyl (C=O) groups is 1. The van der Waals surface area contributed by atoms with Crippen LogP contribution < -0.4 is 10.2 Å². The smallest absolute Gasteiger partial charge is 0.244 e. The largest absolute Gasteiger partial charge is 0.324 e. The lowest BCUT2D eigenvalue weighted by molar-refractivity contribution is -0.114. The Hall–Kier alpha value is -2.10. The quantitative estimate of drug-likeness (QED) is 0.718. The molecule has 1 N–H and O–H groups in total. The molecule has 10 heteroatoms. The van der Waals surface area contributed by atoms with E-state index in [0.717, 1.165) is 16.8 Å². The molecule has 2 atom stereocenters. The molecule has 1 amide bonds. The fraction of sp³-hybridized carbons (Fsp3) is 0.333. The molecule has 6 nitrogen and oxygen atoms in total. The molecular weight excluding hydrogens is 461 g/mol. The van der Waals surface area contributed by atoms with Crippen LogP contribution in [0.15, 0.2) is 41.4 Å². The summed E-state index contributed by atoms with van der Waals surface area (Å²) in [7, 11) is -3.07. The Bertz CT molecular complexity index is 1190. The molecule has 0 spiro atoms. The van der Waals surface area contributed by atoms with Crippen LogP contribution in [0.5, 0.6) is 0 Å². The average Bonchev–Trinajstić information content (AvgIpc) is 3.18. The number of rotatable bonds is 4. The van der Waals surface area contributed by atoms with E-state index in [4.69, 9.17) is 11.6 Å². The Labute approximate surface area is 189 Å². The number of hydrogen-bond acceptors (Lipinski definition) is 6. The highest BCUT2D eigenvalue weighted by atomic mass is 35.5. The average molecular weight is 482 g/mol. The lowest BCUT2D eigenvalue weighted by atomic mass is 10.1. The number of amidine groups is 1. The molecule has 164 valence electrons. The number of amides is 1. The number of halogens is 2. The number of nitrogens with one attached hydrogen (secondary N) is 1. The number of sulfone groups is 1. The lowest BCUT2D eigenvalue weighted by Crippen LogP contribution is -2.36. The maximum atomic E-state index is 13.4. The normalized spacial score (nSPS) is 21.5. The number of thioether (sulfide) groups is 1. The van der Waals surface area contributed by atoms with Gasteiger partial charge in [-0.1, -0.05) is 29.4 Å². The van der Waals surface area contributed by atoms with Gasteiger partial charge in [0.25, 0.3) is 0 Å². The number of nitrogens with zero attached hydrogens (tertiary/aromatic N) is 2. The summed E-state index contributed by atoms with van der Waals surface area (Å²) in [6, 6.07) is 9.56. The van der Waals surface area contributed by atoms with Crippen molar-refractivity contribution >= 4 is 55.6 Å². The SMILES string of the molecule is Cc1ccc(N(CC(=O)Nc2ccc(F)c(Cl)c2)C2=N[C@@H]3CS(=O)(=O)C[C@@H]3S2)cc1C. The van der Waals surface area contributed by atoms with Gasteiger partial charge in [0.15, 0.2) is 15.0 Å². The van der Waals surface area contributed by atoms with E-state index in [1.807, 2.05) is 32.0 Å². The van der Waals surface area contributed by atoms with Crippen LogP contribution in [0.25, 0.3) is 0 Å². The number of aliphatic imine (C=N–C) groups is 1. The fourth-order valence-corrected chi connectivity index (χ4v) is 7.51. The highest BCUT2D eigenvalue weighted by molar-refractivity contribution is 8.15. The molecule has 1 saturated heterocycles. The highest BCUT2D eigenvalue weighted by Gasteiger charge is 2.44. The van der Waals surface area contributed by atoms with Gasteiger partial charge in [-0.25, -0.2) is 12.8 Å². The van der Waals surface area contributed by atoms with Gasteiger partial charge >= 0.3 is 0 Å². The van der Waals surface area contributed by atoms with Gasteiger partial charge in [-0.05, 0) is 55.3 Å². The molecule has 0 aliphatic carbocycles. The monoisotopic (exact) mass is 481 g/mol. The third-order valence-corrected chi connectivity index (χ3v) is 8.88. The summed E-state index contributed by atoms with van der Waals surface area (Å²) >= 11 is 7.20. The van der Waals surface area contributed by atoms with E-state index < -0.39 is 15.7 Å². The maximum absolute atomic E-state index is 13.4. The Morgan fingerprint density at radius 3 is 2.68 bits per heavy atom. The third kappa shape index (κ3) is 4.88. The van der Waals surface area contributed by atoms with Gasteiger partial charge in [-0.2, -0.15) is 0 Å². The van der Waals surface area contributed by atoms with Crippen molar-refractivity contribution in [1.82, 2.24) is 0 Å². The van der Waals surface area contributed by atoms with Crippen molar-refractivity contribution in [3.05, 3.63) is 58.4 Å². The molecule has 0 bridgehead atoms. The summed E-state index contributed by atoms with van der Waals surface area (Å²) in [6.45, 7) is 3.96. The van der Waals surface area contributed by atoms with Crippen LogP contribution in [-0.4, -0.2) is 48.8 Å². The Balaban J connectivity index is 1.59. The van der Waals surface area contributed by atoms with Crippen molar-refractivity contribution in [2.75, 3.05) is 28.3 Å². The van der Waals surface area contributed by atoms with E-state index in [0.29, 0.717) is 10.9 Å². The Kier molecular flexibility index (Phi) is 6.02. The summed E-state index contributed by atoms with van der Waals surface area (Å²) in [6.07, 6.45) is 0. The first kappa shape index (κ1) is 22.1. The van der Waals surface area contributed by atoms with Crippen LogP contribution in [0.1, 0.15) is 11.1 Å². The fourth-order valence-electron chi connectivity index (χ4n) is 3.55. The van der Waals surface area contributed by atoms with Gasteiger partial charge in [0.05, 0.1) is 22.6 Å². The van der Waals surface area contributed by atoms with Gasteiger partial charge in [0.1, 0.15) is 12.4 Å². The van der Waals surface area contributed by atoms with Crippen LogP contribution in [0.4, 0.5) is 15.8 Å². The Morgan fingerprint density at radius 2 is 2.00 bits per heavy atom. The first-order valence-electron chi connectivity index (χ1n) is 9.66. The predicted molar refractivity (Wildman–Crippen MR) is 125 cm³/mol. The number of aryl methyl sites for hydroxylation is 2. The summed E-state index contributed by atoms with van der Waals surface area (Å²) in [4.78, 5) is 19.2. The molecule has 4 rings (SSSR count). The maximum Gasteiger partial charge on any atom is 0.244 e.